The molecule has 0 unspecified atom stereocenters. The predicted octanol–water partition coefficient (Wildman–Crippen LogP) is 8.17. The van der Waals surface area contributed by atoms with Crippen LogP contribution in [0, 0.1) is 18.8 Å². The molecule has 0 bridgehead atoms. The Balaban J connectivity index is 0.000000345. The zero-order valence-electron chi connectivity index (χ0n) is 22.2. The largest absolute Gasteiger partial charge is 0.457 e. The van der Waals surface area contributed by atoms with Gasteiger partial charge in [-0.15, -0.1) is 6.58 Å². The van der Waals surface area contributed by atoms with Crippen molar-refractivity contribution in [1.82, 2.24) is 9.97 Å². The zero-order chi connectivity index (χ0) is 26.3. The summed E-state index contributed by atoms with van der Waals surface area (Å²) in [6.07, 6.45) is 10.6. The molecule has 0 saturated heterocycles. The fourth-order valence-corrected chi connectivity index (χ4v) is 3.89. The zero-order valence-corrected chi connectivity index (χ0v) is 22.2. The van der Waals surface area contributed by atoms with E-state index in [0.29, 0.717) is 17.1 Å². The Morgan fingerprint density at radius 1 is 0.917 bits per heavy atom. The van der Waals surface area contributed by atoms with Crippen LogP contribution in [0.4, 0.5) is 5.82 Å². The fourth-order valence-electron chi connectivity index (χ4n) is 3.89. The van der Waals surface area contributed by atoms with Crippen LogP contribution in [0.2, 0.25) is 0 Å². The molecule has 1 aliphatic rings. The highest BCUT2D eigenvalue weighted by molar-refractivity contribution is 6.16. The lowest BCUT2D eigenvalue weighted by molar-refractivity contribution is 0.308. The molecule has 1 saturated carbocycles. The molecule has 5 nitrogen and oxygen atoms in total. The van der Waals surface area contributed by atoms with Gasteiger partial charge in [-0.1, -0.05) is 70.4 Å². The molecule has 3 aromatic rings. The van der Waals surface area contributed by atoms with Gasteiger partial charge in [-0.05, 0) is 62.1 Å². The number of allylic oxidation sites excluding steroid dienone is 1. The second kappa shape index (κ2) is 15.3. The van der Waals surface area contributed by atoms with Crippen molar-refractivity contribution in [2.24, 2.45) is 16.8 Å². The Labute approximate surface area is 216 Å². The normalized spacial score (nSPS) is 16.9. The number of anilines is 1. The van der Waals surface area contributed by atoms with Crippen molar-refractivity contribution in [3.63, 3.8) is 0 Å². The number of aromatic nitrogens is 2. The summed E-state index contributed by atoms with van der Waals surface area (Å²) in [6.45, 7) is 15.5. The van der Waals surface area contributed by atoms with Gasteiger partial charge in [0.1, 0.15) is 23.6 Å². The number of hydrogen-bond donors (Lipinski definition) is 1. The summed E-state index contributed by atoms with van der Waals surface area (Å²) in [5, 5.41) is 0. The Morgan fingerprint density at radius 2 is 1.44 bits per heavy atom. The van der Waals surface area contributed by atoms with Gasteiger partial charge >= 0.3 is 0 Å². The molecule has 1 fully saturated rings. The summed E-state index contributed by atoms with van der Waals surface area (Å²) in [4.78, 5) is 12.7. The molecule has 36 heavy (non-hydrogen) atoms. The third kappa shape index (κ3) is 9.14. The van der Waals surface area contributed by atoms with E-state index in [1.807, 2.05) is 68.4 Å². The summed E-state index contributed by atoms with van der Waals surface area (Å²) in [7, 11) is 0. The molecule has 1 aromatic heterocycles. The molecule has 0 amide bonds. The van der Waals surface area contributed by atoms with Gasteiger partial charge < -0.3 is 10.5 Å². The standard InChI is InChI=1S/C20H18N4O.C8H16.C3H6/c1-3-22-19(18-14(2)23-13-24-20(18)21)15-9-11-17(12-10-15)25-16-7-5-4-6-8-16;1-7-3-5-8(2)6-4-7;1-3-2/h3-13H,1H2,2H3,(H2,21,23,24);7-8H,3-6H2,1-2H3;3H,1H2,2H3. The molecule has 1 aliphatic carbocycles. The number of ether oxygens (including phenoxy) is 1. The van der Waals surface area contributed by atoms with Crippen LogP contribution in [0.3, 0.4) is 0 Å². The molecule has 4 rings (SSSR count). The molecule has 0 aliphatic heterocycles. The third-order valence-electron chi connectivity index (χ3n) is 5.93. The number of rotatable bonds is 5. The molecule has 2 aromatic carbocycles. The second-order valence-corrected chi connectivity index (χ2v) is 9.09. The SMILES string of the molecule is C=CC.C=CN=C(c1ccc(Oc2ccccc2)cc1)c1c(C)ncnc1N.CC1CCC(C)CC1. The van der Waals surface area contributed by atoms with Gasteiger partial charge in [0.2, 0.25) is 0 Å². The first kappa shape index (κ1) is 28.5. The molecule has 190 valence electrons. The molecule has 0 atom stereocenters. The van der Waals surface area contributed by atoms with Crippen LogP contribution >= 0.6 is 0 Å². The van der Waals surface area contributed by atoms with Gasteiger partial charge in [-0.25, -0.2) is 9.97 Å². The highest BCUT2D eigenvalue weighted by Gasteiger charge is 2.15. The van der Waals surface area contributed by atoms with Crippen molar-refractivity contribution < 1.29 is 4.74 Å². The minimum Gasteiger partial charge on any atom is -0.457 e. The van der Waals surface area contributed by atoms with E-state index in [1.54, 1.807) is 6.08 Å². The quantitative estimate of drug-likeness (QED) is 0.293. The van der Waals surface area contributed by atoms with Crippen LogP contribution in [0.5, 0.6) is 11.5 Å². The topological polar surface area (TPSA) is 73.4 Å². The van der Waals surface area contributed by atoms with E-state index in [4.69, 9.17) is 10.5 Å². The van der Waals surface area contributed by atoms with E-state index >= 15 is 0 Å². The van der Waals surface area contributed by atoms with Gasteiger partial charge in [0.05, 0.1) is 17.0 Å². The maximum absolute atomic E-state index is 6.03. The first-order chi connectivity index (χ1) is 17.4. The van der Waals surface area contributed by atoms with Crippen LogP contribution in [-0.4, -0.2) is 15.7 Å². The first-order valence-corrected chi connectivity index (χ1v) is 12.6. The Morgan fingerprint density at radius 3 is 1.94 bits per heavy atom. The fraction of sp³-hybridized carbons (Fsp3) is 0.323. The second-order valence-electron chi connectivity index (χ2n) is 9.09. The summed E-state index contributed by atoms with van der Waals surface area (Å²) in [5.74, 6) is 3.95. The minimum absolute atomic E-state index is 0.387. The van der Waals surface area contributed by atoms with Gasteiger partial charge in [-0.3, -0.25) is 4.99 Å². The molecular weight excluding hydrogens is 444 g/mol. The van der Waals surface area contributed by atoms with Gasteiger partial charge in [-0.2, -0.15) is 0 Å². The van der Waals surface area contributed by atoms with E-state index in [0.717, 1.165) is 34.6 Å². The smallest absolute Gasteiger partial charge is 0.136 e. The number of para-hydroxylation sites is 1. The lowest BCUT2D eigenvalue weighted by atomic mass is 9.84. The number of hydrogen-bond acceptors (Lipinski definition) is 5. The molecule has 5 heteroatoms. The van der Waals surface area contributed by atoms with E-state index in [-0.39, 0.29) is 0 Å². The monoisotopic (exact) mass is 484 g/mol. The van der Waals surface area contributed by atoms with E-state index in [2.05, 4.69) is 42.0 Å². The molecule has 0 radical (unpaired) electrons. The molecule has 2 N–H and O–H groups in total. The van der Waals surface area contributed by atoms with Crippen molar-refractivity contribution in [1.29, 1.82) is 0 Å². The Hall–Kier alpha value is -3.73. The molecule has 0 spiro atoms. The number of aliphatic imine (C=N–C) groups is 1. The number of benzene rings is 2. The van der Waals surface area contributed by atoms with Gasteiger partial charge in [0, 0.05) is 11.8 Å². The summed E-state index contributed by atoms with van der Waals surface area (Å²) >= 11 is 0. The van der Waals surface area contributed by atoms with E-state index in [9.17, 15) is 0 Å². The number of nitrogens with zero attached hydrogens (tertiary/aromatic N) is 3. The van der Waals surface area contributed by atoms with E-state index in [1.165, 1.54) is 38.2 Å². The van der Waals surface area contributed by atoms with Gasteiger partial charge in [0.25, 0.3) is 0 Å². The average molecular weight is 485 g/mol. The number of aryl methyl sites for hydroxylation is 1. The van der Waals surface area contributed by atoms with Crippen molar-refractivity contribution in [3.05, 3.63) is 103 Å². The van der Waals surface area contributed by atoms with Crippen molar-refractivity contribution in [3.8, 4) is 11.5 Å². The highest BCUT2D eigenvalue weighted by atomic mass is 16.5. The maximum Gasteiger partial charge on any atom is 0.136 e. The van der Waals surface area contributed by atoms with Crippen LogP contribution < -0.4 is 10.5 Å². The summed E-state index contributed by atoms with van der Waals surface area (Å²) < 4.78 is 5.82. The molecular formula is C31H40N4O. The van der Waals surface area contributed by atoms with Crippen molar-refractivity contribution >= 4 is 11.5 Å². The highest BCUT2D eigenvalue weighted by Crippen LogP contribution is 2.27. The Bertz CT molecular complexity index is 1070. The van der Waals surface area contributed by atoms with Crippen molar-refractivity contribution in [2.45, 2.75) is 53.4 Å². The minimum atomic E-state index is 0.387. The van der Waals surface area contributed by atoms with Crippen LogP contribution in [0.1, 0.15) is 63.3 Å². The lowest BCUT2D eigenvalue weighted by Gasteiger charge is -2.22. The number of nitrogens with two attached hydrogens (primary N) is 1. The van der Waals surface area contributed by atoms with E-state index < -0.39 is 0 Å². The summed E-state index contributed by atoms with van der Waals surface area (Å²) in [5.41, 5.74) is 9.06. The van der Waals surface area contributed by atoms with Gasteiger partial charge in [0.15, 0.2) is 0 Å². The van der Waals surface area contributed by atoms with Crippen LogP contribution in [0.15, 0.2) is 91.4 Å². The lowest BCUT2D eigenvalue weighted by Crippen LogP contribution is -2.11. The Kier molecular flexibility index (Phi) is 12.1. The maximum atomic E-state index is 6.03. The molecule has 1 heterocycles. The third-order valence-corrected chi connectivity index (χ3v) is 5.93. The van der Waals surface area contributed by atoms with Crippen LogP contribution in [-0.2, 0) is 0 Å². The number of nitrogen functional groups attached to an aromatic ring is 1. The first-order valence-electron chi connectivity index (χ1n) is 12.6. The average Bonchev–Trinajstić information content (AvgIpc) is 2.87. The summed E-state index contributed by atoms with van der Waals surface area (Å²) in [6, 6.07) is 17.2. The van der Waals surface area contributed by atoms with Crippen molar-refractivity contribution in [2.75, 3.05) is 5.73 Å². The predicted molar refractivity (Wildman–Crippen MR) is 153 cm³/mol. The van der Waals surface area contributed by atoms with Crippen LogP contribution in [0.25, 0.3) is 0 Å².